The molecule has 32 heavy (non-hydrogen) atoms. The average Bonchev–Trinajstić information content (AvgIpc) is 3.18. The standard InChI is InChI=1S/C19H18F2N6O4S/c1-19(20,21)15-10-13(12-6-3-2-4-7-12)23-17(24-15)25-18(28)26-32(29,30)14-11-22-27-8-5-9-31-16(14)27/h2-4,6-7,10-11H,5,8-9H2,1H3,(H2,23,24,25,26,28). The fourth-order valence-corrected chi connectivity index (χ4v) is 4.00. The number of halogens is 2. The quantitative estimate of drug-likeness (QED) is 0.594. The largest absolute Gasteiger partial charge is 0.477 e. The molecule has 0 spiro atoms. The van der Waals surface area contributed by atoms with Gasteiger partial charge >= 0.3 is 6.03 Å². The van der Waals surface area contributed by atoms with Crippen LogP contribution >= 0.6 is 0 Å². The molecule has 1 aromatic carbocycles. The maximum Gasteiger partial charge on any atom is 0.335 e. The Morgan fingerprint density at radius 2 is 1.97 bits per heavy atom. The van der Waals surface area contributed by atoms with E-state index in [4.69, 9.17) is 4.74 Å². The second-order valence-electron chi connectivity index (χ2n) is 7.02. The van der Waals surface area contributed by atoms with Crippen LogP contribution in [-0.4, -0.2) is 40.8 Å². The third-order valence-corrected chi connectivity index (χ3v) is 5.81. The van der Waals surface area contributed by atoms with Crippen molar-refractivity contribution >= 4 is 22.0 Å². The molecule has 2 N–H and O–H groups in total. The van der Waals surface area contributed by atoms with Gasteiger partial charge in [0, 0.05) is 25.5 Å². The molecule has 0 bridgehead atoms. The van der Waals surface area contributed by atoms with E-state index in [2.05, 4.69) is 20.4 Å². The lowest BCUT2D eigenvalue weighted by molar-refractivity contribution is 0.0128. The first-order valence-electron chi connectivity index (χ1n) is 9.49. The van der Waals surface area contributed by atoms with Crippen LogP contribution in [0.2, 0.25) is 0 Å². The number of benzene rings is 1. The molecule has 2 amide bonds. The smallest absolute Gasteiger partial charge is 0.335 e. The number of nitrogens with zero attached hydrogens (tertiary/aromatic N) is 4. The van der Waals surface area contributed by atoms with Gasteiger partial charge in [-0.25, -0.2) is 32.6 Å². The summed E-state index contributed by atoms with van der Waals surface area (Å²) in [6.45, 7) is 1.45. The zero-order chi connectivity index (χ0) is 22.9. The third-order valence-electron chi connectivity index (χ3n) is 4.50. The SMILES string of the molecule is CC(F)(F)c1cc(-c2ccccc2)nc(NC(=O)NS(=O)(=O)c2cnn3c2OCCC3)n1. The van der Waals surface area contributed by atoms with Gasteiger partial charge in [0.2, 0.25) is 11.8 Å². The predicted molar refractivity (Wildman–Crippen MR) is 109 cm³/mol. The molecule has 0 radical (unpaired) electrons. The van der Waals surface area contributed by atoms with Crippen molar-refractivity contribution in [3.8, 4) is 17.1 Å². The van der Waals surface area contributed by atoms with Gasteiger partial charge in [-0.2, -0.15) is 13.9 Å². The van der Waals surface area contributed by atoms with Crippen molar-refractivity contribution in [1.29, 1.82) is 0 Å². The van der Waals surface area contributed by atoms with Crippen LogP contribution in [-0.2, 0) is 22.5 Å². The molecule has 4 rings (SSSR count). The number of rotatable bonds is 5. The molecule has 3 heterocycles. The second-order valence-corrected chi connectivity index (χ2v) is 8.67. The molecule has 0 atom stereocenters. The molecule has 0 saturated heterocycles. The highest BCUT2D eigenvalue weighted by atomic mass is 32.2. The number of nitrogens with one attached hydrogen (secondary N) is 2. The molecule has 10 nitrogen and oxygen atoms in total. The molecule has 168 valence electrons. The maximum absolute atomic E-state index is 13.9. The Kier molecular flexibility index (Phi) is 5.50. The van der Waals surface area contributed by atoms with Gasteiger partial charge in [-0.1, -0.05) is 30.3 Å². The van der Waals surface area contributed by atoms with Crippen molar-refractivity contribution in [2.75, 3.05) is 11.9 Å². The lowest BCUT2D eigenvalue weighted by Crippen LogP contribution is -2.35. The zero-order valence-corrected chi connectivity index (χ0v) is 17.6. The number of carbonyl (C=O) groups excluding carboxylic acids is 1. The summed E-state index contributed by atoms with van der Waals surface area (Å²) in [5.74, 6) is -3.78. The number of anilines is 1. The number of fused-ring (bicyclic) bond motifs is 1. The number of aryl methyl sites for hydroxylation is 1. The monoisotopic (exact) mass is 464 g/mol. The molecular weight excluding hydrogens is 446 g/mol. The fourth-order valence-electron chi connectivity index (χ4n) is 3.02. The summed E-state index contributed by atoms with van der Waals surface area (Å²) < 4.78 is 61.6. The van der Waals surface area contributed by atoms with Gasteiger partial charge in [-0.05, 0) is 6.07 Å². The van der Waals surface area contributed by atoms with E-state index >= 15 is 0 Å². The van der Waals surface area contributed by atoms with Gasteiger partial charge < -0.3 is 4.74 Å². The lowest BCUT2D eigenvalue weighted by atomic mass is 10.1. The number of hydrogen-bond acceptors (Lipinski definition) is 7. The van der Waals surface area contributed by atoms with Crippen LogP contribution in [0.3, 0.4) is 0 Å². The number of ether oxygens (including phenoxy) is 1. The van der Waals surface area contributed by atoms with Gasteiger partial charge in [0.1, 0.15) is 5.69 Å². The van der Waals surface area contributed by atoms with Crippen LogP contribution in [0.1, 0.15) is 19.0 Å². The van der Waals surface area contributed by atoms with Crippen LogP contribution in [0, 0.1) is 0 Å². The van der Waals surface area contributed by atoms with Crippen LogP contribution in [0.5, 0.6) is 5.88 Å². The third kappa shape index (κ3) is 4.51. The number of sulfonamides is 1. The Morgan fingerprint density at radius 1 is 1.22 bits per heavy atom. The van der Waals surface area contributed by atoms with E-state index in [-0.39, 0.29) is 16.5 Å². The number of hydrogen-bond donors (Lipinski definition) is 2. The van der Waals surface area contributed by atoms with E-state index < -0.39 is 33.6 Å². The highest BCUT2D eigenvalue weighted by Gasteiger charge is 2.30. The minimum Gasteiger partial charge on any atom is -0.477 e. The lowest BCUT2D eigenvalue weighted by Gasteiger charge is -2.16. The number of aromatic nitrogens is 4. The fraction of sp³-hybridized carbons (Fsp3) is 0.263. The normalized spacial score (nSPS) is 13.7. The highest BCUT2D eigenvalue weighted by Crippen LogP contribution is 2.30. The van der Waals surface area contributed by atoms with Crippen molar-refractivity contribution < 1.29 is 26.7 Å². The van der Waals surface area contributed by atoms with E-state index in [1.807, 2.05) is 0 Å². The first-order chi connectivity index (χ1) is 15.1. The van der Waals surface area contributed by atoms with Gasteiger partial charge in [0.05, 0.1) is 18.5 Å². The molecule has 0 saturated carbocycles. The number of amides is 2. The predicted octanol–water partition coefficient (Wildman–Crippen LogP) is 2.74. The molecule has 0 aliphatic carbocycles. The number of carbonyl (C=O) groups is 1. The maximum atomic E-state index is 13.9. The highest BCUT2D eigenvalue weighted by molar-refractivity contribution is 7.90. The average molecular weight is 464 g/mol. The van der Waals surface area contributed by atoms with Gasteiger partial charge in [0.15, 0.2) is 4.90 Å². The first kappa shape index (κ1) is 21.6. The molecular formula is C19H18F2N6O4S. The van der Waals surface area contributed by atoms with Gasteiger partial charge in [-0.15, -0.1) is 0 Å². The van der Waals surface area contributed by atoms with Crippen molar-refractivity contribution in [1.82, 2.24) is 24.5 Å². The summed E-state index contributed by atoms with van der Waals surface area (Å²) in [7, 11) is -4.35. The summed E-state index contributed by atoms with van der Waals surface area (Å²) >= 11 is 0. The summed E-state index contributed by atoms with van der Waals surface area (Å²) in [6.07, 6.45) is 1.74. The summed E-state index contributed by atoms with van der Waals surface area (Å²) in [4.78, 5) is 19.8. The van der Waals surface area contributed by atoms with E-state index in [1.165, 1.54) is 4.68 Å². The van der Waals surface area contributed by atoms with Crippen LogP contribution in [0.15, 0.2) is 47.5 Å². The van der Waals surface area contributed by atoms with Crippen molar-refractivity contribution in [2.24, 2.45) is 0 Å². The Hall–Kier alpha value is -3.61. The minimum atomic E-state index is -4.35. The minimum absolute atomic E-state index is 0.0202. The van der Waals surface area contributed by atoms with E-state index in [9.17, 15) is 22.0 Å². The molecule has 0 fully saturated rings. The van der Waals surface area contributed by atoms with Crippen LogP contribution in [0.25, 0.3) is 11.3 Å². The summed E-state index contributed by atoms with van der Waals surface area (Å²) in [5.41, 5.74) is 0.0122. The topological polar surface area (TPSA) is 128 Å². The summed E-state index contributed by atoms with van der Waals surface area (Å²) in [5, 5.41) is 6.04. The van der Waals surface area contributed by atoms with Gasteiger partial charge in [0.25, 0.3) is 15.9 Å². The molecule has 1 aliphatic heterocycles. The van der Waals surface area contributed by atoms with Crippen LogP contribution in [0.4, 0.5) is 19.5 Å². The molecule has 0 unspecified atom stereocenters. The Morgan fingerprint density at radius 3 is 2.69 bits per heavy atom. The number of urea groups is 1. The van der Waals surface area contributed by atoms with Crippen molar-refractivity contribution in [3.63, 3.8) is 0 Å². The van der Waals surface area contributed by atoms with Crippen LogP contribution < -0.4 is 14.8 Å². The molecule has 2 aromatic heterocycles. The Labute approximate surface area is 181 Å². The molecule has 1 aliphatic rings. The Balaban J connectivity index is 1.59. The van der Waals surface area contributed by atoms with Crippen molar-refractivity contribution in [3.05, 3.63) is 48.3 Å². The van der Waals surface area contributed by atoms with Gasteiger partial charge in [-0.3, -0.25) is 5.32 Å². The first-order valence-corrected chi connectivity index (χ1v) is 11.0. The van der Waals surface area contributed by atoms with E-state index in [0.717, 1.165) is 12.3 Å². The molecule has 3 aromatic rings. The van der Waals surface area contributed by atoms with E-state index in [1.54, 1.807) is 35.1 Å². The summed E-state index contributed by atoms with van der Waals surface area (Å²) in [6, 6.07) is 8.32. The van der Waals surface area contributed by atoms with E-state index in [0.29, 0.717) is 32.1 Å². The van der Waals surface area contributed by atoms with Crippen molar-refractivity contribution in [2.45, 2.75) is 30.7 Å². The Bertz CT molecular complexity index is 1260. The second kappa shape index (κ2) is 8.15. The number of alkyl halides is 2. The zero-order valence-electron chi connectivity index (χ0n) is 16.7. The molecule has 13 heteroatoms.